The third-order valence-corrected chi connectivity index (χ3v) is 5.62. The number of nitrogens with two attached hydrogens (primary N) is 1. The van der Waals surface area contributed by atoms with Gasteiger partial charge < -0.3 is 38.9 Å². The summed E-state index contributed by atoms with van der Waals surface area (Å²) in [7, 11) is 1.19. The Hall–Kier alpha value is -3.54. The highest BCUT2D eigenvalue weighted by Crippen LogP contribution is 2.32. The van der Waals surface area contributed by atoms with Crippen molar-refractivity contribution in [3.8, 4) is 11.5 Å². The van der Waals surface area contributed by atoms with E-state index in [1.807, 2.05) is 55.4 Å². The summed E-state index contributed by atoms with van der Waals surface area (Å²) in [5.74, 6) is -0.679. The maximum absolute atomic E-state index is 12.8. The standard InChI is InChI=1S/C31H49NO11/c1-20(2)13-14-38-26(34)41-21(3)16-31(32,25(33)37-10)17-22-11-12-23(42-27(35)39-18-29(4,5)6)24(15-22)43-28(36)40-19-30(7,8)9/h11-12,15,20-21H,13-14,16-19,32H2,1-10H3/t21-,31?/m0/s1. The Labute approximate surface area is 254 Å². The molecule has 0 bridgehead atoms. The predicted octanol–water partition coefficient (Wildman–Crippen LogP) is 6.20. The lowest BCUT2D eigenvalue weighted by atomic mass is 9.86. The highest BCUT2D eigenvalue weighted by molar-refractivity contribution is 5.81. The van der Waals surface area contributed by atoms with Crippen LogP contribution in [-0.2, 0) is 34.9 Å². The van der Waals surface area contributed by atoms with E-state index in [0.29, 0.717) is 17.9 Å². The van der Waals surface area contributed by atoms with Gasteiger partial charge in [0.2, 0.25) is 0 Å². The first-order valence-corrected chi connectivity index (χ1v) is 14.3. The second-order valence-corrected chi connectivity index (χ2v) is 13.4. The first-order chi connectivity index (χ1) is 19.7. The number of hydrogen-bond donors (Lipinski definition) is 1. The zero-order valence-corrected chi connectivity index (χ0v) is 27.2. The molecular weight excluding hydrogens is 562 g/mol. The minimum absolute atomic E-state index is 0.0708. The Kier molecular flexibility index (Phi) is 14.2. The van der Waals surface area contributed by atoms with Crippen LogP contribution in [0.25, 0.3) is 0 Å². The van der Waals surface area contributed by atoms with Gasteiger partial charge in [-0.3, -0.25) is 4.79 Å². The summed E-state index contributed by atoms with van der Waals surface area (Å²) in [6.07, 6.45) is -3.25. The van der Waals surface area contributed by atoms with Gasteiger partial charge in [0.1, 0.15) is 11.6 Å². The van der Waals surface area contributed by atoms with Crippen molar-refractivity contribution < 1.29 is 52.3 Å². The Morgan fingerprint density at radius 3 is 1.81 bits per heavy atom. The molecule has 0 fully saturated rings. The number of ether oxygens (including phenoxy) is 7. The lowest BCUT2D eigenvalue weighted by Crippen LogP contribution is -2.53. The number of carbonyl (C=O) groups excluding carboxylic acids is 4. The fourth-order valence-corrected chi connectivity index (χ4v) is 3.54. The van der Waals surface area contributed by atoms with Gasteiger partial charge in [0.25, 0.3) is 0 Å². The van der Waals surface area contributed by atoms with E-state index in [-0.39, 0.29) is 55.0 Å². The average molecular weight is 612 g/mol. The smallest absolute Gasteiger partial charge is 0.468 e. The van der Waals surface area contributed by atoms with Crippen LogP contribution >= 0.6 is 0 Å². The molecule has 12 heteroatoms. The van der Waals surface area contributed by atoms with E-state index in [1.165, 1.54) is 25.3 Å². The van der Waals surface area contributed by atoms with Crippen molar-refractivity contribution in [3.05, 3.63) is 23.8 Å². The van der Waals surface area contributed by atoms with Crippen LogP contribution in [0.1, 0.15) is 80.7 Å². The largest absolute Gasteiger partial charge is 0.513 e. The molecule has 0 radical (unpaired) electrons. The van der Waals surface area contributed by atoms with E-state index in [4.69, 9.17) is 38.9 Å². The quantitative estimate of drug-likeness (QED) is 0.153. The van der Waals surface area contributed by atoms with Crippen molar-refractivity contribution in [2.45, 2.75) is 93.2 Å². The summed E-state index contributed by atoms with van der Waals surface area (Å²) in [6.45, 7) is 17.2. The average Bonchev–Trinajstić information content (AvgIpc) is 2.86. The minimum atomic E-state index is -1.65. The van der Waals surface area contributed by atoms with Crippen molar-refractivity contribution in [3.63, 3.8) is 0 Å². The van der Waals surface area contributed by atoms with Crippen LogP contribution in [0, 0.1) is 16.7 Å². The zero-order valence-electron chi connectivity index (χ0n) is 27.2. The summed E-state index contributed by atoms with van der Waals surface area (Å²) < 4.78 is 36.4. The number of benzene rings is 1. The summed E-state index contributed by atoms with van der Waals surface area (Å²) in [6, 6.07) is 4.31. The molecule has 0 aromatic heterocycles. The van der Waals surface area contributed by atoms with Crippen molar-refractivity contribution in [2.75, 3.05) is 26.9 Å². The molecular formula is C31H49NO11. The van der Waals surface area contributed by atoms with Gasteiger partial charge >= 0.3 is 24.4 Å². The van der Waals surface area contributed by atoms with Crippen molar-refractivity contribution in [1.82, 2.24) is 0 Å². The van der Waals surface area contributed by atoms with Gasteiger partial charge in [0, 0.05) is 12.8 Å². The molecule has 1 aromatic carbocycles. The number of carbonyl (C=O) groups is 4. The molecule has 0 aliphatic carbocycles. The lowest BCUT2D eigenvalue weighted by Gasteiger charge is -2.29. The Morgan fingerprint density at radius 1 is 0.791 bits per heavy atom. The first-order valence-electron chi connectivity index (χ1n) is 14.3. The molecule has 2 N–H and O–H groups in total. The maximum atomic E-state index is 12.8. The molecule has 1 aromatic rings. The van der Waals surface area contributed by atoms with Crippen molar-refractivity contribution in [1.29, 1.82) is 0 Å². The van der Waals surface area contributed by atoms with E-state index in [9.17, 15) is 19.2 Å². The molecule has 12 nitrogen and oxygen atoms in total. The predicted molar refractivity (Wildman–Crippen MR) is 158 cm³/mol. The SMILES string of the molecule is COC(=O)C(N)(Cc1ccc(OC(=O)OCC(C)(C)C)c(OC(=O)OCC(C)(C)C)c1)C[C@H](C)OC(=O)OCCC(C)C. The molecule has 0 saturated heterocycles. The first kappa shape index (κ1) is 37.5. The zero-order chi connectivity index (χ0) is 33.0. The normalized spacial score (nSPS) is 13.8. The van der Waals surface area contributed by atoms with Crippen LogP contribution in [0.3, 0.4) is 0 Å². The second-order valence-electron chi connectivity index (χ2n) is 13.4. The topological polar surface area (TPSA) is 159 Å². The van der Waals surface area contributed by atoms with Crippen LogP contribution < -0.4 is 15.2 Å². The summed E-state index contributed by atoms with van der Waals surface area (Å²) in [5, 5.41) is 0. The molecule has 2 atom stereocenters. The number of methoxy groups -OCH3 is 1. The molecule has 0 amide bonds. The van der Waals surface area contributed by atoms with Gasteiger partial charge in [-0.15, -0.1) is 0 Å². The molecule has 43 heavy (non-hydrogen) atoms. The molecule has 0 heterocycles. The van der Waals surface area contributed by atoms with Crippen LogP contribution in [0.5, 0.6) is 11.5 Å². The highest BCUT2D eigenvalue weighted by atomic mass is 16.7. The van der Waals surface area contributed by atoms with Gasteiger partial charge in [0.15, 0.2) is 11.5 Å². The van der Waals surface area contributed by atoms with Gasteiger partial charge in [-0.2, -0.15) is 0 Å². The van der Waals surface area contributed by atoms with Gasteiger partial charge in [-0.1, -0.05) is 61.5 Å². The van der Waals surface area contributed by atoms with E-state index in [0.717, 1.165) is 0 Å². The van der Waals surface area contributed by atoms with Gasteiger partial charge in [-0.25, -0.2) is 14.4 Å². The van der Waals surface area contributed by atoms with Crippen molar-refractivity contribution >= 4 is 24.4 Å². The van der Waals surface area contributed by atoms with Crippen molar-refractivity contribution in [2.24, 2.45) is 22.5 Å². The highest BCUT2D eigenvalue weighted by Gasteiger charge is 2.38. The molecule has 1 unspecified atom stereocenters. The van der Waals surface area contributed by atoms with E-state index >= 15 is 0 Å². The monoisotopic (exact) mass is 611 g/mol. The number of esters is 1. The second kappa shape index (κ2) is 16.3. The third-order valence-electron chi connectivity index (χ3n) is 5.62. The molecule has 1 rings (SSSR count). The molecule has 0 saturated carbocycles. The van der Waals surface area contributed by atoms with E-state index in [1.54, 1.807) is 6.92 Å². The summed E-state index contributed by atoms with van der Waals surface area (Å²) >= 11 is 0. The van der Waals surface area contributed by atoms with Crippen LogP contribution in [-0.4, -0.2) is 63.0 Å². The Morgan fingerprint density at radius 2 is 1.33 bits per heavy atom. The van der Waals surface area contributed by atoms with E-state index < -0.39 is 36.1 Å². The molecule has 244 valence electrons. The van der Waals surface area contributed by atoms with Gasteiger partial charge in [0.05, 0.1) is 26.9 Å². The third kappa shape index (κ3) is 15.5. The van der Waals surface area contributed by atoms with Crippen LogP contribution in [0.4, 0.5) is 14.4 Å². The molecule has 0 aliphatic rings. The van der Waals surface area contributed by atoms with Crippen LogP contribution in [0.15, 0.2) is 18.2 Å². The Bertz CT molecular complexity index is 1090. The summed E-state index contributed by atoms with van der Waals surface area (Å²) in [4.78, 5) is 49.7. The fourth-order valence-electron chi connectivity index (χ4n) is 3.54. The number of rotatable bonds is 13. The van der Waals surface area contributed by atoms with Gasteiger partial charge in [-0.05, 0) is 47.8 Å². The molecule has 0 spiro atoms. The lowest BCUT2D eigenvalue weighted by molar-refractivity contribution is -0.148. The Balaban J connectivity index is 3.20. The van der Waals surface area contributed by atoms with E-state index in [2.05, 4.69) is 0 Å². The fraction of sp³-hybridized carbons (Fsp3) is 0.677. The maximum Gasteiger partial charge on any atom is 0.513 e. The minimum Gasteiger partial charge on any atom is -0.468 e. The molecule has 0 aliphatic heterocycles. The summed E-state index contributed by atoms with van der Waals surface area (Å²) in [5.41, 5.74) is 4.65. The van der Waals surface area contributed by atoms with Crippen LogP contribution in [0.2, 0.25) is 0 Å². The number of hydrogen-bond acceptors (Lipinski definition) is 12.